The molecule has 32 heavy (non-hydrogen) atoms. The summed E-state index contributed by atoms with van der Waals surface area (Å²) in [6, 6.07) is 10.0. The van der Waals surface area contributed by atoms with Crippen LogP contribution in [0, 0.1) is 0 Å². The fourth-order valence-electron chi connectivity index (χ4n) is 3.36. The fourth-order valence-corrected chi connectivity index (χ4v) is 3.36. The molecule has 1 amide bonds. The molecule has 2 N–H and O–H groups in total. The number of nitrogens with zero attached hydrogens (tertiary/aromatic N) is 4. The van der Waals surface area contributed by atoms with Crippen molar-refractivity contribution < 1.29 is 18.0 Å². The Labute approximate surface area is 185 Å². The second kappa shape index (κ2) is 10.8. The van der Waals surface area contributed by atoms with Crippen molar-refractivity contribution in [3.63, 3.8) is 0 Å². The third kappa shape index (κ3) is 6.35. The minimum Gasteiger partial charge on any atom is -0.357 e. The summed E-state index contributed by atoms with van der Waals surface area (Å²) in [6.45, 7) is 6.58. The summed E-state index contributed by atoms with van der Waals surface area (Å²) in [5, 5.41) is 5.97. The molecule has 2 heterocycles. The second-order valence-corrected chi connectivity index (χ2v) is 7.23. The zero-order valence-electron chi connectivity index (χ0n) is 17.9. The Morgan fingerprint density at radius 3 is 2.38 bits per heavy atom. The number of nitrogens with one attached hydrogen (secondary N) is 2. The van der Waals surface area contributed by atoms with Crippen LogP contribution in [0.2, 0.25) is 0 Å². The Morgan fingerprint density at radius 1 is 1.06 bits per heavy atom. The lowest BCUT2D eigenvalue weighted by Gasteiger charge is -2.37. The van der Waals surface area contributed by atoms with E-state index in [0.717, 1.165) is 56.6 Å². The molecule has 3 rings (SSSR count). The first-order valence-corrected chi connectivity index (χ1v) is 10.5. The molecule has 0 unspecified atom stereocenters. The van der Waals surface area contributed by atoms with E-state index in [4.69, 9.17) is 0 Å². The third-order valence-corrected chi connectivity index (χ3v) is 5.02. The van der Waals surface area contributed by atoms with Gasteiger partial charge in [-0.05, 0) is 43.3 Å². The maximum Gasteiger partial charge on any atom is 0.416 e. The van der Waals surface area contributed by atoms with E-state index in [0.29, 0.717) is 6.54 Å². The van der Waals surface area contributed by atoms with Crippen LogP contribution in [0.5, 0.6) is 0 Å². The topological polar surface area (TPSA) is 72.9 Å². The maximum absolute atomic E-state index is 12.6. The van der Waals surface area contributed by atoms with Crippen molar-refractivity contribution >= 4 is 17.7 Å². The first-order chi connectivity index (χ1) is 15.4. The van der Waals surface area contributed by atoms with Gasteiger partial charge in [-0.1, -0.05) is 6.07 Å². The van der Waals surface area contributed by atoms with E-state index in [1.54, 1.807) is 6.20 Å². The molecule has 1 saturated heterocycles. The molecule has 0 bridgehead atoms. The molecule has 172 valence electrons. The van der Waals surface area contributed by atoms with Gasteiger partial charge in [0, 0.05) is 51.0 Å². The van der Waals surface area contributed by atoms with E-state index in [1.807, 2.05) is 25.1 Å². The zero-order valence-corrected chi connectivity index (χ0v) is 17.9. The highest BCUT2D eigenvalue weighted by molar-refractivity contribution is 5.94. The lowest BCUT2D eigenvalue weighted by atomic mass is 10.1. The normalized spacial score (nSPS) is 14.9. The van der Waals surface area contributed by atoms with E-state index in [-0.39, 0.29) is 12.1 Å². The Kier molecular flexibility index (Phi) is 7.91. The number of anilines is 1. The number of benzene rings is 1. The van der Waals surface area contributed by atoms with Crippen LogP contribution >= 0.6 is 0 Å². The molecule has 10 heteroatoms. The van der Waals surface area contributed by atoms with Gasteiger partial charge in [-0.3, -0.25) is 9.79 Å². The largest absolute Gasteiger partial charge is 0.416 e. The number of hydrogen-bond acceptors (Lipinski definition) is 4. The number of halogens is 3. The molecule has 1 fully saturated rings. The summed E-state index contributed by atoms with van der Waals surface area (Å²) < 4.78 is 37.9. The van der Waals surface area contributed by atoms with Crippen molar-refractivity contribution in [1.82, 2.24) is 20.5 Å². The SMILES string of the molecule is CCNC(=NCCNC(=O)c1ccc(C(F)(F)F)cc1)N1CCN(c2ccccn2)CC1. The number of piperazine rings is 1. The van der Waals surface area contributed by atoms with Gasteiger partial charge >= 0.3 is 6.18 Å². The van der Waals surface area contributed by atoms with Crippen LogP contribution in [0.1, 0.15) is 22.8 Å². The van der Waals surface area contributed by atoms with Gasteiger partial charge in [0.2, 0.25) is 0 Å². The second-order valence-electron chi connectivity index (χ2n) is 7.23. The number of hydrogen-bond donors (Lipinski definition) is 2. The molecule has 2 aromatic rings. The van der Waals surface area contributed by atoms with Crippen molar-refractivity contribution in [1.29, 1.82) is 0 Å². The van der Waals surface area contributed by atoms with Crippen LogP contribution < -0.4 is 15.5 Å². The van der Waals surface area contributed by atoms with Crippen LogP contribution in [-0.4, -0.2) is 67.6 Å². The average molecular weight is 448 g/mol. The predicted molar refractivity (Wildman–Crippen MR) is 118 cm³/mol. The van der Waals surface area contributed by atoms with Gasteiger partial charge < -0.3 is 20.4 Å². The van der Waals surface area contributed by atoms with E-state index >= 15 is 0 Å². The first kappa shape index (κ1) is 23.4. The summed E-state index contributed by atoms with van der Waals surface area (Å²) >= 11 is 0. The first-order valence-electron chi connectivity index (χ1n) is 10.5. The third-order valence-electron chi connectivity index (χ3n) is 5.02. The highest BCUT2D eigenvalue weighted by Crippen LogP contribution is 2.29. The van der Waals surface area contributed by atoms with Crippen molar-refractivity contribution in [2.45, 2.75) is 13.1 Å². The van der Waals surface area contributed by atoms with Crippen molar-refractivity contribution in [2.75, 3.05) is 50.7 Å². The van der Waals surface area contributed by atoms with Crippen LogP contribution in [0.4, 0.5) is 19.0 Å². The number of rotatable bonds is 6. The van der Waals surface area contributed by atoms with Crippen LogP contribution in [-0.2, 0) is 6.18 Å². The van der Waals surface area contributed by atoms with E-state index in [2.05, 4.69) is 30.4 Å². The number of amides is 1. The quantitative estimate of drug-likeness (QED) is 0.404. The number of carbonyl (C=O) groups excluding carboxylic acids is 1. The zero-order chi connectivity index (χ0) is 23.0. The molecular weight excluding hydrogens is 421 g/mol. The summed E-state index contributed by atoms with van der Waals surface area (Å²) in [7, 11) is 0. The van der Waals surface area contributed by atoms with E-state index in [1.165, 1.54) is 12.1 Å². The molecule has 0 spiro atoms. The lowest BCUT2D eigenvalue weighted by molar-refractivity contribution is -0.137. The number of carbonyl (C=O) groups is 1. The van der Waals surface area contributed by atoms with Crippen molar-refractivity contribution in [3.05, 3.63) is 59.8 Å². The maximum atomic E-state index is 12.6. The minimum atomic E-state index is -4.42. The molecule has 0 aliphatic carbocycles. The van der Waals surface area contributed by atoms with Gasteiger partial charge in [0.15, 0.2) is 5.96 Å². The molecule has 1 aromatic carbocycles. The van der Waals surface area contributed by atoms with Gasteiger partial charge in [0.1, 0.15) is 5.82 Å². The smallest absolute Gasteiger partial charge is 0.357 e. The number of alkyl halides is 3. The Morgan fingerprint density at radius 2 is 1.78 bits per heavy atom. The Bertz CT molecular complexity index is 894. The van der Waals surface area contributed by atoms with Gasteiger partial charge in [-0.2, -0.15) is 13.2 Å². The molecule has 1 aliphatic heterocycles. The highest BCUT2D eigenvalue weighted by Gasteiger charge is 2.30. The van der Waals surface area contributed by atoms with Gasteiger partial charge in [0.25, 0.3) is 5.91 Å². The predicted octanol–water partition coefficient (Wildman–Crippen LogP) is 2.62. The molecule has 0 radical (unpaired) electrons. The van der Waals surface area contributed by atoms with Gasteiger partial charge in [-0.25, -0.2) is 4.98 Å². The van der Waals surface area contributed by atoms with E-state index in [9.17, 15) is 18.0 Å². The molecule has 1 aromatic heterocycles. The summed E-state index contributed by atoms with van der Waals surface area (Å²) in [5.41, 5.74) is -0.600. The summed E-state index contributed by atoms with van der Waals surface area (Å²) in [6.07, 6.45) is -2.64. The number of aliphatic imine (C=N–C) groups is 1. The molecule has 1 aliphatic rings. The molecule has 7 nitrogen and oxygen atoms in total. The number of guanidine groups is 1. The van der Waals surface area contributed by atoms with Crippen LogP contribution in [0.15, 0.2) is 53.7 Å². The van der Waals surface area contributed by atoms with Crippen LogP contribution in [0.25, 0.3) is 0 Å². The minimum absolute atomic E-state index is 0.180. The number of pyridine rings is 1. The van der Waals surface area contributed by atoms with E-state index < -0.39 is 17.6 Å². The lowest BCUT2D eigenvalue weighted by Crippen LogP contribution is -2.52. The van der Waals surface area contributed by atoms with Crippen LogP contribution in [0.3, 0.4) is 0 Å². The molecule has 0 saturated carbocycles. The van der Waals surface area contributed by atoms with Gasteiger partial charge in [-0.15, -0.1) is 0 Å². The average Bonchev–Trinajstić information content (AvgIpc) is 2.81. The van der Waals surface area contributed by atoms with Gasteiger partial charge in [0.05, 0.1) is 12.1 Å². The summed E-state index contributed by atoms with van der Waals surface area (Å²) in [4.78, 5) is 25.5. The summed E-state index contributed by atoms with van der Waals surface area (Å²) in [5.74, 6) is 1.31. The molecular formula is C22H27F3N6O. The monoisotopic (exact) mass is 448 g/mol. The standard InChI is InChI=1S/C22H27F3N6O/c1-2-26-21(31-15-13-30(14-16-31)19-5-3-4-10-27-19)29-12-11-28-20(32)17-6-8-18(9-7-17)22(23,24)25/h3-10H,2,11-16H2,1H3,(H,26,29)(H,28,32). The Balaban J connectivity index is 1.48. The highest BCUT2D eigenvalue weighted by atomic mass is 19.4. The van der Waals surface area contributed by atoms with Crippen molar-refractivity contribution in [3.8, 4) is 0 Å². The fraction of sp³-hybridized carbons (Fsp3) is 0.409. The Hall–Kier alpha value is -3.30. The molecule has 0 atom stereocenters. The number of aromatic nitrogens is 1. The van der Waals surface area contributed by atoms with Crippen molar-refractivity contribution in [2.24, 2.45) is 4.99 Å².